The number of nitrogens with one attached hydrogen (secondary N) is 2. The number of hydrogen-bond donors (Lipinski definition) is 3. The zero-order valence-corrected chi connectivity index (χ0v) is 15.8. The molecule has 0 saturated carbocycles. The number of carboxylic acid groups (broad SMARTS) is 1. The van der Waals surface area contributed by atoms with Gasteiger partial charge in [0.2, 0.25) is 0 Å². The Labute approximate surface area is 163 Å². The van der Waals surface area contributed by atoms with Gasteiger partial charge in [-0.25, -0.2) is 4.79 Å². The van der Waals surface area contributed by atoms with Crippen LogP contribution in [0.4, 0.5) is 10.5 Å². The van der Waals surface area contributed by atoms with Gasteiger partial charge >= 0.3 is 12.0 Å². The van der Waals surface area contributed by atoms with E-state index in [0.29, 0.717) is 17.8 Å². The van der Waals surface area contributed by atoms with Crippen LogP contribution in [0.1, 0.15) is 41.3 Å². The normalized spacial score (nSPS) is 15.7. The molecular weight excluding hydrogens is 358 g/mol. The number of carbonyl (C=O) groups excluding carboxylic acids is 2. The number of amides is 3. The van der Waals surface area contributed by atoms with Gasteiger partial charge in [-0.2, -0.15) is 0 Å². The van der Waals surface area contributed by atoms with Gasteiger partial charge in [-0.05, 0) is 49.2 Å². The predicted molar refractivity (Wildman–Crippen MR) is 105 cm³/mol. The van der Waals surface area contributed by atoms with Gasteiger partial charge in [-0.15, -0.1) is 0 Å². The minimum atomic E-state index is -0.944. The molecule has 3 rings (SSSR count). The summed E-state index contributed by atoms with van der Waals surface area (Å²) in [6.07, 6.45) is 0. The van der Waals surface area contributed by atoms with Gasteiger partial charge in [0.25, 0.3) is 5.91 Å². The molecule has 7 heteroatoms. The highest BCUT2D eigenvalue weighted by Gasteiger charge is 2.32. The number of carboxylic acids is 1. The Morgan fingerprint density at radius 1 is 1.07 bits per heavy atom. The Bertz CT molecular complexity index is 893. The zero-order chi connectivity index (χ0) is 20.3. The molecule has 0 spiro atoms. The number of anilines is 1. The quantitative estimate of drug-likeness (QED) is 0.758. The van der Waals surface area contributed by atoms with Gasteiger partial charge in [-0.1, -0.05) is 24.3 Å². The van der Waals surface area contributed by atoms with E-state index < -0.39 is 11.9 Å². The first-order valence-corrected chi connectivity index (χ1v) is 9.12. The summed E-state index contributed by atoms with van der Waals surface area (Å²) >= 11 is 0. The van der Waals surface area contributed by atoms with Crippen molar-refractivity contribution in [2.24, 2.45) is 0 Å². The largest absolute Gasteiger partial charge is 0.481 e. The number of fused-ring (bicyclic) bond motifs is 1. The van der Waals surface area contributed by atoms with Crippen molar-refractivity contribution in [2.45, 2.75) is 32.4 Å². The summed E-state index contributed by atoms with van der Waals surface area (Å²) in [5.41, 5.74) is 2.62. The van der Waals surface area contributed by atoms with E-state index in [2.05, 4.69) is 10.6 Å². The molecule has 3 N–H and O–H groups in total. The van der Waals surface area contributed by atoms with Crippen LogP contribution in [0.15, 0.2) is 48.5 Å². The summed E-state index contributed by atoms with van der Waals surface area (Å²) < 4.78 is 0. The van der Waals surface area contributed by atoms with Crippen LogP contribution in [0.25, 0.3) is 0 Å². The number of carbonyl (C=O) groups is 3. The summed E-state index contributed by atoms with van der Waals surface area (Å²) in [6.45, 7) is 4.22. The van der Waals surface area contributed by atoms with Crippen LogP contribution < -0.4 is 10.6 Å². The van der Waals surface area contributed by atoms with E-state index >= 15 is 0 Å². The molecule has 1 aliphatic rings. The molecule has 1 heterocycles. The molecule has 146 valence electrons. The first-order chi connectivity index (χ1) is 13.3. The van der Waals surface area contributed by atoms with E-state index in [1.807, 2.05) is 32.0 Å². The Morgan fingerprint density at radius 2 is 1.75 bits per heavy atom. The van der Waals surface area contributed by atoms with Crippen molar-refractivity contribution in [2.75, 3.05) is 11.9 Å². The second kappa shape index (κ2) is 8.12. The van der Waals surface area contributed by atoms with Crippen molar-refractivity contribution < 1.29 is 19.5 Å². The lowest BCUT2D eigenvalue weighted by atomic mass is 9.89. The van der Waals surface area contributed by atoms with Crippen LogP contribution in [-0.2, 0) is 11.3 Å². The number of hydrogen-bond acceptors (Lipinski definition) is 3. The first-order valence-electron chi connectivity index (χ1n) is 9.12. The first kappa shape index (κ1) is 19.4. The second-order valence-corrected chi connectivity index (χ2v) is 7.11. The van der Waals surface area contributed by atoms with Crippen LogP contribution in [0.3, 0.4) is 0 Å². The summed E-state index contributed by atoms with van der Waals surface area (Å²) in [6, 6.07) is 13.6. The number of benzene rings is 2. The number of urea groups is 1. The molecule has 0 radical (unpaired) electrons. The summed E-state index contributed by atoms with van der Waals surface area (Å²) in [5.74, 6) is -1.92. The average molecular weight is 381 g/mol. The summed E-state index contributed by atoms with van der Waals surface area (Å²) in [5, 5.41) is 15.0. The lowest BCUT2D eigenvalue weighted by Gasteiger charge is -2.33. The highest BCUT2D eigenvalue weighted by Crippen LogP contribution is 2.29. The Hall–Kier alpha value is -3.35. The van der Waals surface area contributed by atoms with Crippen molar-refractivity contribution in [3.05, 3.63) is 65.2 Å². The Balaban J connectivity index is 1.74. The smallest absolute Gasteiger partial charge is 0.319 e. The number of aliphatic carboxylic acids is 1. The topological polar surface area (TPSA) is 98.7 Å². The monoisotopic (exact) mass is 381 g/mol. The van der Waals surface area contributed by atoms with E-state index in [1.165, 1.54) is 0 Å². The maximum absolute atomic E-state index is 12.9. The fourth-order valence-electron chi connectivity index (χ4n) is 3.28. The SMILES string of the molecule is CC(C)NC(=O)Nc1ccc(C(=O)N2Cc3ccccc3C(C(=O)O)C2)cc1. The molecule has 3 amide bonds. The zero-order valence-electron chi connectivity index (χ0n) is 15.8. The predicted octanol–water partition coefficient (Wildman–Crippen LogP) is 3.04. The van der Waals surface area contributed by atoms with Crippen molar-refractivity contribution in [1.29, 1.82) is 0 Å². The molecule has 0 fully saturated rings. The van der Waals surface area contributed by atoms with Crippen LogP contribution >= 0.6 is 0 Å². The second-order valence-electron chi connectivity index (χ2n) is 7.11. The van der Waals surface area contributed by atoms with Crippen molar-refractivity contribution in [1.82, 2.24) is 10.2 Å². The molecule has 2 aromatic carbocycles. The molecule has 1 unspecified atom stereocenters. The van der Waals surface area contributed by atoms with Crippen molar-refractivity contribution in [3.63, 3.8) is 0 Å². The van der Waals surface area contributed by atoms with Gasteiger partial charge < -0.3 is 20.6 Å². The highest BCUT2D eigenvalue weighted by molar-refractivity contribution is 5.96. The van der Waals surface area contributed by atoms with E-state index in [-0.39, 0.29) is 24.5 Å². The molecular formula is C21H23N3O4. The fraction of sp³-hybridized carbons (Fsp3) is 0.286. The lowest BCUT2D eigenvalue weighted by Crippen LogP contribution is -2.40. The third kappa shape index (κ3) is 4.31. The average Bonchev–Trinajstić information content (AvgIpc) is 2.66. The van der Waals surface area contributed by atoms with Gasteiger partial charge in [0, 0.05) is 30.4 Å². The molecule has 0 bridgehead atoms. The van der Waals surface area contributed by atoms with Crippen LogP contribution in [0.2, 0.25) is 0 Å². The number of nitrogens with zero attached hydrogens (tertiary/aromatic N) is 1. The fourth-order valence-corrected chi connectivity index (χ4v) is 3.28. The molecule has 7 nitrogen and oxygen atoms in total. The minimum Gasteiger partial charge on any atom is -0.481 e. The van der Waals surface area contributed by atoms with Crippen LogP contribution in [0, 0.1) is 0 Å². The molecule has 0 saturated heterocycles. The molecule has 0 aromatic heterocycles. The Morgan fingerprint density at radius 3 is 2.39 bits per heavy atom. The lowest BCUT2D eigenvalue weighted by molar-refractivity contribution is -0.139. The highest BCUT2D eigenvalue weighted by atomic mass is 16.4. The third-order valence-electron chi connectivity index (χ3n) is 4.59. The van der Waals surface area contributed by atoms with E-state index in [4.69, 9.17) is 0 Å². The van der Waals surface area contributed by atoms with Crippen LogP contribution in [-0.4, -0.2) is 40.5 Å². The van der Waals surface area contributed by atoms with Crippen LogP contribution in [0.5, 0.6) is 0 Å². The molecule has 0 aliphatic carbocycles. The van der Waals surface area contributed by atoms with Gasteiger partial charge in [0.15, 0.2) is 0 Å². The number of rotatable bonds is 4. The van der Waals surface area contributed by atoms with Crippen molar-refractivity contribution >= 4 is 23.6 Å². The standard InChI is InChI=1S/C21H23N3O4/c1-13(2)22-21(28)23-16-9-7-14(8-10-16)19(25)24-11-15-5-3-4-6-17(15)18(12-24)20(26)27/h3-10,13,18H,11-12H2,1-2H3,(H,26,27)(H2,22,23,28). The summed E-state index contributed by atoms with van der Waals surface area (Å²) in [7, 11) is 0. The Kier molecular flexibility index (Phi) is 5.63. The molecule has 1 aliphatic heterocycles. The van der Waals surface area contributed by atoms with E-state index in [1.54, 1.807) is 35.2 Å². The van der Waals surface area contributed by atoms with Gasteiger partial charge in [0.1, 0.15) is 0 Å². The third-order valence-corrected chi connectivity index (χ3v) is 4.59. The maximum atomic E-state index is 12.9. The summed E-state index contributed by atoms with van der Waals surface area (Å²) in [4.78, 5) is 37.9. The molecule has 2 aromatic rings. The molecule has 28 heavy (non-hydrogen) atoms. The minimum absolute atomic E-state index is 0.0185. The van der Waals surface area contributed by atoms with Crippen molar-refractivity contribution in [3.8, 4) is 0 Å². The van der Waals surface area contributed by atoms with E-state index in [9.17, 15) is 19.5 Å². The van der Waals surface area contributed by atoms with E-state index in [0.717, 1.165) is 11.1 Å². The maximum Gasteiger partial charge on any atom is 0.319 e. The van der Waals surface area contributed by atoms with Gasteiger partial charge in [-0.3, -0.25) is 9.59 Å². The molecule has 1 atom stereocenters. The van der Waals surface area contributed by atoms with Gasteiger partial charge in [0.05, 0.1) is 5.92 Å².